The predicted octanol–water partition coefficient (Wildman–Crippen LogP) is 4.29. The van der Waals surface area contributed by atoms with E-state index in [1.54, 1.807) is 11.3 Å². The summed E-state index contributed by atoms with van der Waals surface area (Å²) in [5.41, 5.74) is 0. The third-order valence-electron chi connectivity index (χ3n) is 3.55. The number of aromatic nitrogens is 2. The van der Waals surface area contributed by atoms with Gasteiger partial charge in [0, 0.05) is 40.1 Å². The van der Waals surface area contributed by atoms with Crippen molar-refractivity contribution in [2.75, 3.05) is 0 Å². The lowest BCUT2D eigenvalue weighted by Crippen LogP contribution is -2.26. The normalized spacial score (nSPS) is 14.2. The number of hydrogen-bond acceptors (Lipinski definition) is 4. The number of nitrogens with zero attached hydrogens (tertiary/aromatic N) is 2. The highest BCUT2D eigenvalue weighted by molar-refractivity contribution is 7.12. The smallest absolute Gasteiger partial charge is 0.131 e. The van der Waals surface area contributed by atoms with Crippen molar-refractivity contribution in [3.63, 3.8) is 0 Å². The minimum Gasteiger partial charge on any atom is -0.336 e. The molecular formula is C16H19N3S2. The standard InChI is InChI=1S/C16H19N3S2/c1-11-6-7-13(21-11)12(2)18-15(14-5-4-10-20-14)16-17-8-9-19(16)3/h4-10,12,15,18H,1-3H3. The molecule has 3 heterocycles. The van der Waals surface area contributed by atoms with Gasteiger partial charge >= 0.3 is 0 Å². The second-order valence-corrected chi connectivity index (χ2v) is 7.48. The van der Waals surface area contributed by atoms with Crippen LogP contribution in [0.25, 0.3) is 0 Å². The summed E-state index contributed by atoms with van der Waals surface area (Å²) in [5, 5.41) is 5.85. The molecular weight excluding hydrogens is 298 g/mol. The largest absolute Gasteiger partial charge is 0.336 e. The molecule has 2 unspecified atom stereocenters. The molecule has 110 valence electrons. The second-order valence-electron chi connectivity index (χ2n) is 5.18. The molecule has 3 aromatic rings. The summed E-state index contributed by atoms with van der Waals surface area (Å²) in [6, 6.07) is 9.08. The van der Waals surface area contributed by atoms with Crippen LogP contribution in [-0.4, -0.2) is 9.55 Å². The molecule has 1 N–H and O–H groups in total. The number of imidazole rings is 1. The zero-order chi connectivity index (χ0) is 14.8. The van der Waals surface area contributed by atoms with Crippen LogP contribution in [0.15, 0.2) is 42.0 Å². The Hall–Kier alpha value is -1.43. The van der Waals surface area contributed by atoms with E-state index in [-0.39, 0.29) is 6.04 Å². The van der Waals surface area contributed by atoms with Crippen LogP contribution in [0, 0.1) is 6.92 Å². The van der Waals surface area contributed by atoms with Crippen molar-refractivity contribution in [3.05, 3.63) is 62.5 Å². The van der Waals surface area contributed by atoms with Crippen molar-refractivity contribution in [3.8, 4) is 0 Å². The van der Waals surface area contributed by atoms with E-state index in [0.717, 1.165) is 5.82 Å². The molecule has 0 aliphatic rings. The summed E-state index contributed by atoms with van der Waals surface area (Å²) >= 11 is 3.62. The summed E-state index contributed by atoms with van der Waals surface area (Å²) in [4.78, 5) is 8.54. The molecule has 21 heavy (non-hydrogen) atoms. The van der Waals surface area contributed by atoms with Crippen molar-refractivity contribution in [1.82, 2.24) is 14.9 Å². The molecule has 3 aromatic heterocycles. The molecule has 0 radical (unpaired) electrons. The van der Waals surface area contributed by atoms with Crippen LogP contribution in [0.1, 0.15) is 39.5 Å². The van der Waals surface area contributed by atoms with Crippen molar-refractivity contribution < 1.29 is 0 Å². The third-order valence-corrected chi connectivity index (χ3v) is 5.67. The van der Waals surface area contributed by atoms with Gasteiger partial charge in [0.15, 0.2) is 0 Å². The van der Waals surface area contributed by atoms with Crippen molar-refractivity contribution in [2.24, 2.45) is 7.05 Å². The topological polar surface area (TPSA) is 29.9 Å². The molecule has 0 fully saturated rings. The van der Waals surface area contributed by atoms with Gasteiger partial charge in [-0.3, -0.25) is 5.32 Å². The first-order chi connectivity index (χ1) is 10.1. The number of rotatable bonds is 5. The summed E-state index contributed by atoms with van der Waals surface area (Å²) in [6.45, 7) is 4.37. The Bertz CT molecular complexity index is 697. The lowest BCUT2D eigenvalue weighted by molar-refractivity contribution is 0.499. The zero-order valence-electron chi connectivity index (χ0n) is 12.4. The third kappa shape index (κ3) is 3.10. The fraction of sp³-hybridized carbons (Fsp3) is 0.312. The molecule has 3 nitrogen and oxygen atoms in total. The average Bonchev–Trinajstić information content (AvgIpc) is 3.17. The number of thiophene rings is 2. The lowest BCUT2D eigenvalue weighted by atomic mass is 10.1. The van der Waals surface area contributed by atoms with E-state index in [9.17, 15) is 0 Å². The number of nitrogens with one attached hydrogen (secondary N) is 1. The molecule has 5 heteroatoms. The maximum Gasteiger partial charge on any atom is 0.131 e. The van der Waals surface area contributed by atoms with Crippen LogP contribution in [0.3, 0.4) is 0 Å². The van der Waals surface area contributed by atoms with Gasteiger partial charge < -0.3 is 4.57 Å². The zero-order valence-corrected chi connectivity index (χ0v) is 14.0. The van der Waals surface area contributed by atoms with Crippen molar-refractivity contribution in [2.45, 2.75) is 25.9 Å². The summed E-state index contributed by atoms with van der Waals surface area (Å²) in [7, 11) is 2.05. The quantitative estimate of drug-likeness (QED) is 0.760. The van der Waals surface area contributed by atoms with Crippen LogP contribution in [0.5, 0.6) is 0 Å². The highest BCUT2D eigenvalue weighted by atomic mass is 32.1. The minimum absolute atomic E-state index is 0.127. The minimum atomic E-state index is 0.127. The van der Waals surface area contributed by atoms with E-state index in [4.69, 9.17) is 0 Å². The molecule has 0 aromatic carbocycles. The Morgan fingerprint density at radius 2 is 2.10 bits per heavy atom. The van der Waals surface area contributed by atoms with Crippen LogP contribution in [0.2, 0.25) is 0 Å². The summed E-state index contributed by atoms with van der Waals surface area (Å²) in [6.07, 6.45) is 3.86. The molecule has 0 saturated heterocycles. The Kier molecular flexibility index (Phi) is 4.24. The van der Waals surface area contributed by atoms with Gasteiger partial charge in [-0.2, -0.15) is 0 Å². The van der Waals surface area contributed by atoms with Crippen molar-refractivity contribution >= 4 is 22.7 Å². The van der Waals surface area contributed by atoms with E-state index >= 15 is 0 Å². The monoisotopic (exact) mass is 317 g/mol. The van der Waals surface area contributed by atoms with Gasteiger partial charge in [0.2, 0.25) is 0 Å². The first-order valence-corrected chi connectivity index (χ1v) is 8.68. The maximum absolute atomic E-state index is 4.53. The molecule has 2 atom stereocenters. The van der Waals surface area contributed by atoms with E-state index < -0.39 is 0 Å². The molecule has 0 saturated carbocycles. The highest BCUT2D eigenvalue weighted by Crippen LogP contribution is 2.30. The molecule has 0 aliphatic heterocycles. The molecule has 0 aliphatic carbocycles. The summed E-state index contributed by atoms with van der Waals surface area (Å²) in [5.74, 6) is 1.05. The molecule has 0 amide bonds. The van der Waals surface area contributed by atoms with Crippen molar-refractivity contribution in [1.29, 1.82) is 0 Å². The van der Waals surface area contributed by atoms with Gasteiger partial charge in [-0.05, 0) is 37.4 Å². The van der Waals surface area contributed by atoms with E-state index in [0.29, 0.717) is 6.04 Å². The molecule has 0 bridgehead atoms. The van der Waals surface area contributed by atoms with Gasteiger partial charge in [0.05, 0.1) is 0 Å². The maximum atomic E-state index is 4.53. The Morgan fingerprint density at radius 3 is 2.67 bits per heavy atom. The van der Waals surface area contributed by atoms with Gasteiger partial charge in [-0.25, -0.2) is 4.98 Å². The van der Waals surface area contributed by atoms with Gasteiger partial charge in [-0.15, -0.1) is 22.7 Å². The van der Waals surface area contributed by atoms with Crippen LogP contribution >= 0.6 is 22.7 Å². The Balaban J connectivity index is 1.88. The average molecular weight is 317 g/mol. The lowest BCUT2D eigenvalue weighted by Gasteiger charge is -2.21. The Labute approximate surface area is 133 Å². The van der Waals surface area contributed by atoms with Gasteiger partial charge in [0.25, 0.3) is 0 Å². The van der Waals surface area contributed by atoms with Gasteiger partial charge in [0.1, 0.15) is 11.9 Å². The Morgan fingerprint density at radius 1 is 1.24 bits per heavy atom. The molecule has 0 spiro atoms. The van der Waals surface area contributed by atoms with Gasteiger partial charge in [-0.1, -0.05) is 6.07 Å². The number of aryl methyl sites for hydroxylation is 2. The molecule has 3 rings (SSSR count). The van der Waals surface area contributed by atoms with Crippen LogP contribution < -0.4 is 5.32 Å². The van der Waals surface area contributed by atoms with E-state index in [1.807, 2.05) is 30.8 Å². The van der Waals surface area contributed by atoms with E-state index in [1.165, 1.54) is 14.6 Å². The first-order valence-electron chi connectivity index (χ1n) is 6.98. The summed E-state index contributed by atoms with van der Waals surface area (Å²) < 4.78 is 2.09. The SMILES string of the molecule is Cc1ccc(C(C)NC(c2cccs2)c2nccn2C)s1. The second kappa shape index (κ2) is 6.13. The fourth-order valence-electron chi connectivity index (χ4n) is 2.41. The fourth-order valence-corrected chi connectivity index (χ4v) is 4.08. The first kappa shape index (κ1) is 14.5. The van der Waals surface area contributed by atoms with Crippen LogP contribution in [-0.2, 0) is 7.05 Å². The van der Waals surface area contributed by atoms with Crippen LogP contribution in [0.4, 0.5) is 0 Å². The highest BCUT2D eigenvalue weighted by Gasteiger charge is 2.22. The predicted molar refractivity (Wildman–Crippen MR) is 90.0 cm³/mol. The van der Waals surface area contributed by atoms with E-state index in [2.05, 4.69) is 58.4 Å². The number of hydrogen-bond donors (Lipinski definition) is 1.